The summed E-state index contributed by atoms with van der Waals surface area (Å²) in [6, 6.07) is 13.0. The van der Waals surface area contributed by atoms with Crippen molar-refractivity contribution in [3.63, 3.8) is 0 Å². The number of hydrogen-bond donors (Lipinski definition) is 1. The van der Waals surface area contributed by atoms with Gasteiger partial charge in [0.2, 0.25) is 0 Å². The maximum Gasteiger partial charge on any atom is 0.164 e. The highest BCUT2D eigenvalue weighted by molar-refractivity contribution is 5.90. The Morgan fingerprint density at radius 3 is 2.64 bits per heavy atom. The lowest BCUT2D eigenvalue weighted by Crippen LogP contribution is -2.43. The zero-order valence-corrected chi connectivity index (χ0v) is 21.9. The molecule has 1 aromatic carbocycles. The molecule has 3 aliphatic heterocycles. The Hall–Kier alpha value is -3.82. The number of morpholine rings is 1. The van der Waals surface area contributed by atoms with E-state index in [1.165, 1.54) is 5.56 Å². The molecular weight excluding hydrogens is 488 g/mol. The Morgan fingerprint density at radius 2 is 1.82 bits per heavy atom. The number of benzene rings is 1. The molecular formula is C30H32N8O. The van der Waals surface area contributed by atoms with Crippen molar-refractivity contribution >= 4 is 27.8 Å². The van der Waals surface area contributed by atoms with Crippen molar-refractivity contribution < 1.29 is 4.74 Å². The SMILES string of the molecule is c1cncc(CN2CCC(n3ncc4c(N5CC6CCC(C5)O6)nc(-c5ccc6[nH]ccc6c5)nc43)CC2)c1. The number of anilines is 1. The molecule has 5 aromatic rings. The first-order valence-corrected chi connectivity index (χ1v) is 14.1. The molecule has 2 bridgehead atoms. The van der Waals surface area contributed by atoms with E-state index in [-0.39, 0.29) is 12.2 Å². The minimum Gasteiger partial charge on any atom is -0.371 e. The van der Waals surface area contributed by atoms with Crippen LogP contribution in [0, 0.1) is 0 Å². The second-order valence-electron chi connectivity index (χ2n) is 11.2. The predicted octanol–water partition coefficient (Wildman–Crippen LogP) is 4.57. The summed E-state index contributed by atoms with van der Waals surface area (Å²) in [5.74, 6) is 1.75. The van der Waals surface area contributed by atoms with Crippen molar-refractivity contribution in [2.75, 3.05) is 31.1 Å². The molecule has 2 atom stereocenters. The number of fused-ring (bicyclic) bond motifs is 4. The number of likely N-dealkylation sites (tertiary alicyclic amines) is 1. The van der Waals surface area contributed by atoms with Crippen LogP contribution in [0.15, 0.2) is 61.2 Å². The van der Waals surface area contributed by atoms with Crippen LogP contribution in [0.2, 0.25) is 0 Å². The van der Waals surface area contributed by atoms with Gasteiger partial charge >= 0.3 is 0 Å². The Bertz CT molecular complexity index is 1610. The smallest absolute Gasteiger partial charge is 0.164 e. The van der Waals surface area contributed by atoms with Crippen LogP contribution in [0.1, 0.15) is 37.3 Å². The van der Waals surface area contributed by atoms with Crippen LogP contribution in [0.25, 0.3) is 33.3 Å². The minimum atomic E-state index is 0.285. The molecule has 39 heavy (non-hydrogen) atoms. The third-order valence-electron chi connectivity index (χ3n) is 8.62. The van der Waals surface area contributed by atoms with E-state index in [0.29, 0.717) is 6.04 Å². The highest BCUT2D eigenvalue weighted by atomic mass is 16.5. The van der Waals surface area contributed by atoms with Crippen molar-refractivity contribution in [2.24, 2.45) is 0 Å². The minimum absolute atomic E-state index is 0.285. The number of rotatable bonds is 5. The van der Waals surface area contributed by atoms with Gasteiger partial charge in [0.1, 0.15) is 5.82 Å². The van der Waals surface area contributed by atoms with Crippen molar-refractivity contribution in [1.29, 1.82) is 0 Å². The highest BCUT2D eigenvalue weighted by Crippen LogP contribution is 2.36. The standard InChI is InChI=1S/C30H32N8O/c1-2-20(15-31-10-1)17-36-12-8-23(9-13-36)38-30-26(16-33-38)29(37-18-24-4-5-25(19-37)39-24)34-28(35-30)22-3-6-27-21(14-22)7-11-32-27/h1-3,6-7,10-11,14-16,23-25,32H,4-5,8-9,12-13,17-19H2. The fraction of sp³-hybridized carbons (Fsp3) is 0.400. The average molecular weight is 521 g/mol. The van der Waals surface area contributed by atoms with Crippen LogP contribution in [0.3, 0.4) is 0 Å². The van der Waals surface area contributed by atoms with Gasteiger partial charge in [0.05, 0.1) is 29.8 Å². The number of piperidine rings is 1. The van der Waals surface area contributed by atoms with Gasteiger partial charge in [0.25, 0.3) is 0 Å². The normalized spacial score (nSPS) is 22.3. The molecule has 2 unspecified atom stereocenters. The van der Waals surface area contributed by atoms with Crippen LogP contribution in [-0.2, 0) is 11.3 Å². The van der Waals surface area contributed by atoms with Gasteiger partial charge in [0.15, 0.2) is 11.5 Å². The van der Waals surface area contributed by atoms with Crippen LogP contribution in [0.4, 0.5) is 5.82 Å². The molecule has 9 nitrogen and oxygen atoms in total. The summed E-state index contributed by atoms with van der Waals surface area (Å²) in [5, 5.41) is 7.14. The van der Waals surface area contributed by atoms with Crippen molar-refractivity contribution in [2.45, 2.75) is 50.5 Å². The lowest BCUT2D eigenvalue weighted by Gasteiger charge is -2.33. The van der Waals surface area contributed by atoms with Gasteiger partial charge in [-0.25, -0.2) is 14.6 Å². The molecule has 3 saturated heterocycles. The molecule has 0 amide bonds. The van der Waals surface area contributed by atoms with E-state index in [9.17, 15) is 0 Å². The molecule has 198 valence electrons. The molecule has 0 spiro atoms. The van der Waals surface area contributed by atoms with Gasteiger partial charge < -0.3 is 14.6 Å². The Labute approximate surface area is 226 Å². The van der Waals surface area contributed by atoms with Gasteiger partial charge in [-0.1, -0.05) is 6.07 Å². The van der Waals surface area contributed by atoms with Crippen LogP contribution < -0.4 is 4.90 Å². The summed E-state index contributed by atoms with van der Waals surface area (Å²) < 4.78 is 8.33. The molecule has 0 aliphatic carbocycles. The summed E-state index contributed by atoms with van der Waals surface area (Å²) >= 11 is 0. The fourth-order valence-electron chi connectivity index (χ4n) is 6.60. The predicted molar refractivity (Wildman–Crippen MR) is 151 cm³/mol. The Morgan fingerprint density at radius 1 is 0.949 bits per heavy atom. The first-order chi connectivity index (χ1) is 19.3. The summed E-state index contributed by atoms with van der Waals surface area (Å²) in [4.78, 5) is 22.8. The second kappa shape index (κ2) is 9.43. The van der Waals surface area contributed by atoms with E-state index in [2.05, 4.69) is 54.8 Å². The fourth-order valence-corrected chi connectivity index (χ4v) is 6.60. The number of hydrogen-bond acceptors (Lipinski definition) is 7. The lowest BCUT2D eigenvalue weighted by atomic mass is 10.0. The molecule has 1 N–H and O–H groups in total. The largest absolute Gasteiger partial charge is 0.371 e. The zero-order chi connectivity index (χ0) is 25.8. The average Bonchev–Trinajstić information content (AvgIpc) is 3.71. The molecule has 8 rings (SSSR count). The first kappa shape index (κ1) is 23.1. The van der Waals surface area contributed by atoms with Crippen molar-refractivity contribution in [3.05, 3.63) is 66.7 Å². The monoisotopic (exact) mass is 520 g/mol. The van der Waals surface area contributed by atoms with E-state index >= 15 is 0 Å². The van der Waals surface area contributed by atoms with Crippen LogP contribution in [-0.4, -0.2) is 73.0 Å². The number of nitrogens with zero attached hydrogens (tertiary/aromatic N) is 7. The third-order valence-corrected chi connectivity index (χ3v) is 8.62. The first-order valence-electron chi connectivity index (χ1n) is 14.1. The summed E-state index contributed by atoms with van der Waals surface area (Å²) in [5.41, 5.74) is 4.35. The second-order valence-corrected chi connectivity index (χ2v) is 11.2. The highest BCUT2D eigenvalue weighted by Gasteiger charge is 2.36. The van der Waals surface area contributed by atoms with E-state index in [1.807, 2.05) is 30.9 Å². The molecule has 9 heteroatoms. The maximum absolute atomic E-state index is 6.15. The third kappa shape index (κ3) is 4.26. The van der Waals surface area contributed by atoms with Gasteiger partial charge in [-0.3, -0.25) is 9.88 Å². The van der Waals surface area contributed by atoms with Gasteiger partial charge in [-0.15, -0.1) is 0 Å². The number of nitrogens with one attached hydrogen (secondary N) is 1. The van der Waals surface area contributed by atoms with Gasteiger partial charge in [-0.2, -0.15) is 5.10 Å². The van der Waals surface area contributed by atoms with E-state index in [0.717, 1.165) is 97.5 Å². The maximum atomic E-state index is 6.15. The Balaban J connectivity index is 1.15. The van der Waals surface area contributed by atoms with Crippen molar-refractivity contribution in [1.82, 2.24) is 34.6 Å². The molecule has 3 aliphatic rings. The summed E-state index contributed by atoms with van der Waals surface area (Å²) in [7, 11) is 0. The lowest BCUT2D eigenvalue weighted by molar-refractivity contribution is 0.0303. The van der Waals surface area contributed by atoms with Crippen molar-refractivity contribution in [3.8, 4) is 11.4 Å². The number of ether oxygens (including phenoxy) is 1. The molecule has 0 saturated carbocycles. The van der Waals surface area contributed by atoms with E-state index in [1.54, 1.807) is 0 Å². The van der Waals surface area contributed by atoms with E-state index < -0.39 is 0 Å². The van der Waals surface area contributed by atoms with Crippen LogP contribution in [0.5, 0.6) is 0 Å². The van der Waals surface area contributed by atoms with Gasteiger partial charge in [0, 0.05) is 67.8 Å². The Kier molecular flexibility index (Phi) is 5.58. The molecule has 3 fully saturated rings. The summed E-state index contributed by atoms with van der Waals surface area (Å²) in [6.07, 6.45) is 12.7. The number of H-pyrrole nitrogens is 1. The van der Waals surface area contributed by atoms with Gasteiger partial charge in [-0.05, 0) is 61.6 Å². The number of aromatic amines is 1. The van der Waals surface area contributed by atoms with E-state index in [4.69, 9.17) is 19.8 Å². The summed E-state index contributed by atoms with van der Waals surface area (Å²) in [6.45, 7) is 4.75. The number of pyridine rings is 1. The molecule has 7 heterocycles. The topological polar surface area (TPSA) is 88.0 Å². The zero-order valence-electron chi connectivity index (χ0n) is 21.9. The number of aromatic nitrogens is 6. The molecule has 4 aromatic heterocycles. The molecule has 0 radical (unpaired) electrons. The quantitative estimate of drug-likeness (QED) is 0.363. The van der Waals surface area contributed by atoms with Crippen LogP contribution >= 0.6 is 0 Å².